The van der Waals surface area contributed by atoms with Crippen molar-refractivity contribution in [3.63, 3.8) is 0 Å². The minimum atomic E-state index is -0.408. The quantitative estimate of drug-likeness (QED) is 0.816. The molecule has 5 heteroatoms. The Morgan fingerprint density at radius 2 is 2.00 bits per heavy atom. The van der Waals surface area contributed by atoms with Gasteiger partial charge in [-0.05, 0) is 37.5 Å². The summed E-state index contributed by atoms with van der Waals surface area (Å²) in [5, 5.41) is 6.11. The first-order chi connectivity index (χ1) is 10.1. The maximum atomic E-state index is 12.0. The highest BCUT2D eigenvalue weighted by Crippen LogP contribution is 2.19. The van der Waals surface area contributed by atoms with E-state index in [1.54, 1.807) is 18.2 Å². The Bertz CT molecular complexity index is 522. The van der Waals surface area contributed by atoms with Crippen LogP contribution in [0.5, 0.6) is 0 Å². The lowest BCUT2D eigenvalue weighted by Gasteiger charge is -2.13. The van der Waals surface area contributed by atoms with Crippen molar-refractivity contribution in [1.82, 2.24) is 5.32 Å². The fraction of sp³-hybridized carbons (Fsp3) is 0.500. The monoisotopic (exact) mass is 290 g/mol. The van der Waals surface area contributed by atoms with Crippen LogP contribution in [0, 0.1) is 6.92 Å². The van der Waals surface area contributed by atoms with Crippen molar-refractivity contribution in [2.24, 2.45) is 0 Å². The summed E-state index contributed by atoms with van der Waals surface area (Å²) in [6.45, 7) is 2.19. The van der Waals surface area contributed by atoms with Gasteiger partial charge in [0.1, 0.15) is 0 Å². The number of ether oxygens (including phenoxy) is 1. The zero-order valence-electron chi connectivity index (χ0n) is 12.6. The summed E-state index contributed by atoms with van der Waals surface area (Å²) < 4.78 is 4.69. The molecule has 0 spiro atoms. The highest BCUT2D eigenvalue weighted by molar-refractivity contribution is 5.96. The van der Waals surface area contributed by atoms with Gasteiger partial charge < -0.3 is 15.4 Å². The van der Waals surface area contributed by atoms with Crippen LogP contribution in [0.1, 0.15) is 41.6 Å². The van der Waals surface area contributed by atoms with Crippen molar-refractivity contribution < 1.29 is 14.3 Å². The first-order valence-electron chi connectivity index (χ1n) is 7.32. The van der Waals surface area contributed by atoms with Gasteiger partial charge in [0.05, 0.1) is 19.2 Å². The molecule has 0 atom stereocenters. The Hall–Kier alpha value is -1.88. The van der Waals surface area contributed by atoms with Crippen LogP contribution in [0.3, 0.4) is 0 Å². The van der Waals surface area contributed by atoms with E-state index in [4.69, 9.17) is 0 Å². The van der Waals surface area contributed by atoms with Gasteiger partial charge in [-0.15, -0.1) is 0 Å². The summed E-state index contributed by atoms with van der Waals surface area (Å²) in [5.41, 5.74) is 2.00. The maximum absolute atomic E-state index is 12.0. The molecule has 21 heavy (non-hydrogen) atoms. The van der Waals surface area contributed by atoms with Gasteiger partial charge in [-0.2, -0.15) is 0 Å². The van der Waals surface area contributed by atoms with Crippen molar-refractivity contribution in [3.8, 4) is 0 Å². The number of amides is 1. The van der Waals surface area contributed by atoms with E-state index in [1.165, 1.54) is 20.0 Å². The molecule has 1 fully saturated rings. The molecule has 1 aliphatic carbocycles. The molecule has 1 aliphatic rings. The number of hydrogen-bond donors (Lipinski definition) is 2. The van der Waals surface area contributed by atoms with E-state index >= 15 is 0 Å². The van der Waals surface area contributed by atoms with Gasteiger partial charge in [-0.1, -0.05) is 18.9 Å². The Kier molecular flexibility index (Phi) is 5.33. The molecular weight excluding hydrogens is 268 g/mol. The van der Waals surface area contributed by atoms with Crippen molar-refractivity contribution in [2.45, 2.75) is 38.6 Å². The predicted molar refractivity (Wildman–Crippen MR) is 81.4 cm³/mol. The molecule has 2 rings (SSSR count). The standard InChI is InChI=1S/C16H22N2O3/c1-11-7-8-12(16(20)21-2)9-14(11)18-15(19)10-17-13-5-3-4-6-13/h7-9,13,17H,3-6,10H2,1-2H3,(H,18,19). The van der Waals surface area contributed by atoms with Gasteiger partial charge in [0.15, 0.2) is 0 Å². The van der Waals surface area contributed by atoms with Crippen LogP contribution in [-0.2, 0) is 9.53 Å². The number of carbonyl (C=O) groups excluding carboxylic acids is 2. The van der Waals surface area contributed by atoms with Gasteiger partial charge in [-0.25, -0.2) is 4.79 Å². The molecule has 2 N–H and O–H groups in total. The van der Waals surface area contributed by atoms with E-state index in [9.17, 15) is 9.59 Å². The maximum Gasteiger partial charge on any atom is 0.337 e. The van der Waals surface area contributed by atoms with E-state index in [0.29, 0.717) is 23.8 Å². The number of esters is 1. The van der Waals surface area contributed by atoms with Crippen molar-refractivity contribution >= 4 is 17.6 Å². The fourth-order valence-corrected chi connectivity index (χ4v) is 2.56. The average molecular weight is 290 g/mol. The third-order valence-corrected chi connectivity index (χ3v) is 3.84. The summed E-state index contributed by atoms with van der Waals surface area (Å²) in [6.07, 6.45) is 4.76. The summed E-state index contributed by atoms with van der Waals surface area (Å²) in [4.78, 5) is 23.5. The molecule has 0 heterocycles. The smallest absolute Gasteiger partial charge is 0.337 e. The van der Waals surface area contributed by atoms with Crippen LogP contribution < -0.4 is 10.6 Å². The van der Waals surface area contributed by atoms with Gasteiger partial charge in [-0.3, -0.25) is 4.79 Å². The summed E-state index contributed by atoms with van der Waals surface area (Å²) >= 11 is 0. The first-order valence-corrected chi connectivity index (χ1v) is 7.32. The molecule has 0 unspecified atom stereocenters. The molecule has 0 saturated heterocycles. The van der Waals surface area contributed by atoms with E-state index in [-0.39, 0.29) is 5.91 Å². The second kappa shape index (κ2) is 7.22. The fourth-order valence-electron chi connectivity index (χ4n) is 2.56. The van der Waals surface area contributed by atoms with Crippen molar-refractivity contribution in [2.75, 3.05) is 19.0 Å². The summed E-state index contributed by atoms with van der Waals surface area (Å²) in [7, 11) is 1.34. The number of rotatable bonds is 5. The van der Waals surface area contributed by atoms with Crippen LogP contribution in [0.15, 0.2) is 18.2 Å². The molecule has 1 aromatic rings. The molecule has 0 aromatic heterocycles. The lowest BCUT2D eigenvalue weighted by molar-refractivity contribution is -0.115. The van der Waals surface area contributed by atoms with Gasteiger partial charge >= 0.3 is 5.97 Å². The minimum Gasteiger partial charge on any atom is -0.465 e. The summed E-state index contributed by atoms with van der Waals surface area (Å²) in [6, 6.07) is 5.59. The van der Waals surface area contributed by atoms with E-state index in [2.05, 4.69) is 15.4 Å². The van der Waals surface area contributed by atoms with Crippen LogP contribution >= 0.6 is 0 Å². The molecule has 0 radical (unpaired) electrons. The molecule has 1 saturated carbocycles. The number of methoxy groups -OCH3 is 1. The number of aryl methyl sites for hydroxylation is 1. The highest BCUT2D eigenvalue weighted by Gasteiger charge is 2.16. The number of carbonyl (C=O) groups is 2. The van der Waals surface area contributed by atoms with Crippen molar-refractivity contribution in [3.05, 3.63) is 29.3 Å². The third-order valence-electron chi connectivity index (χ3n) is 3.84. The molecule has 1 amide bonds. The van der Waals surface area contributed by atoms with E-state index in [1.807, 2.05) is 6.92 Å². The normalized spacial score (nSPS) is 15.0. The SMILES string of the molecule is COC(=O)c1ccc(C)c(NC(=O)CNC2CCCC2)c1. The topological polar surface area (TPSA) is 67.4 Å². The van der Waals surface area contributed by atoms with Gasteiger partial charge in [0.2, 0.25) is 5.91 Å². The molecule has 1 aromatic carbocycles. The Morgan fingerprint density at radius 1 is 1.29 bits per heavy atom. The molecule has 114 valence electrons. The third kappa shape index (κ3) is 4.29. The van der Waals surface area contributed by atoms with Crippen LogP contribution in [-0.4, -0.2) is 31.6 Å². The predicted octanol–water partition coefficient (Wildman–Crippen LogP) is 2.25. The van der Waals surface area contributed by atoms with Crippen LogP contribution in [0.4, 0.5) is 5.69 Å². The zero-order valence-corrected chi connectivity index (χ0v) is 12.6. The van der Waals surface area contributed by atoms with E-state index in [0.717, 1.165) is 18.4 Å². The van der Waals surface area contributed by atoms with Crippen LogP contribution in [0.2, 0.25) is 0 Å². The highest BCUT2D eigenvalue weighted by atomic mass is 16.5. The number of anilines is 1. The van der Waals surface area contributed by atoms with Crippen LogP contribution in [0.25, 0.3) is 0 Å². The Labute approximate surface area is 125 Å². The number of benzene rings is 1. The van der Waals surface area contributed by atoms with Gasteiger partial charge in [0, 0.05) is 11.7 Å². The van der Waals surface area contributed by atoms with E-state index < -0.39 is 5.97 Å². The molecule has 0 aliphatic heterocycles. The second-order valence-corrected chi connectivity index (χ2v) is 5.43. The van der Waals surface area contributed by atoms with Gasteiger partial charge in [0.25, 0.3) is 0 Å². The average Bonchev–Trinajstić information content (AvgIpc) is 3.00. The first kappa shape index (κ1) is 15.5. The number of nitrogens with one attached hydrogen (secondary N) is 2. The largest absolute Gasteiger partial charge is 0.465 e. The lowest BCUT2D eigenvalue weighted by atomic mass is 10.1. The Balaban J connectivity index is 1.94. The second-order valence-electron chi connectivity index (χ2n) is 5.43. The summed E-state index contributed by atoms with van der Waals surface area (Å²) in [5.74, 6) is -0.499. The number of hydrogen-bond acceptors (Lipinski definition) is 4. The van der Waals surface area contributed by atoms with Crippen molar-refractivity contribution in [1.29, 1.82) is 0 Å². The minimum absolute atomic E-state index is 0.0907. The molecule has 5 nitrogen and oxygen atoms in total. The molecule has 0 bridgehead atoms. The zero-order chi connectivity index (χ0) is 15.2. The molecular formula is C16H22N2O3. The lowest BCUT2D eigenvalue weighted by Crippen LogP contribution is -2.34. The Morgan fingerprint density at radius 3 is 2.67 bits per heavy atom.